The molecule has 1 aliphatic carbocycles. The van der Waals surface area contributed by atoms with Crippen LogP contribution in [0, 0.1) is 30.0 Å². The number of ether oxygens (including phenoxy) is 1. The summed E-state index contributed by atoms with van der Waals surface area (Å²) < 4.78 is 20.2. The number of nitrogens with zero attached hydrogens (tertiary/aromatic N) is 3. The fraction of sp³-hybridized carbons (Fsp3) is 0.449. The van der Waals surface area contributed by atoms with Gasteiger partial charge in [0.2, 0.25) is 17.7 Å². The minimum atomic E-state index is -0.517. The summed E-state index contributed by atoms with van der Waals surface area (Å²) in [4.78, 5) is 52.6. The van der Waals surface area contributed by atoms with E-state index in [2.05, 4.69) is 38.1 Å². The average Bonchev–Trinajstić information content (AvgIpc) is 3.94. The van der Waals surface area contributed by atoms with Crippen LogP contribution < -0.4 is 20.7 Å². The predicted molar refractivity (Wildman–Crippen MR) is 246 cm³/mol. The number of aryl methyl sites for hydroxylation is 1. The van der Waals surface area contributed by atoms with Crippen molar-refractivity contribution < 1.29 is 23.5 Å². The van der Waals surface area contributed by atoms with Gasteiger partial charge < -0.3 is 25.6 Å². The Balaban J connectivity index is 0.861. The number of likely N-dealkylation sites (tertiary alicyclic amines) is 1. The minimum Gasteiger partial charge on any atom is -0.492 e. The number of hydrogen-bond acceptors (Lipinski definition) is 8. The van der Waals surface area contributed by atoms with Crippen molar-refractivity contribution in [2.24, 2.45) is 17.3 Å². The number of nitrogens with one attached hydrogen (secondary N) is 3. The van der Waals surface area contributed by atoms with Gasteiger partial charge in [-0.3, -0.25) is 19.4 Å². The number of halogens is 2. The van der Waals surface area contributed by atoms with Gasteiger partial charge in [-0.1, -0.05) is 63.6 Å². The van der Waals surface area contributed by atoms with Crippen molar-refractivity contribution in [1.82, 2.24) is 25.5 Å². The van der Waals surface area contributed by atoms with E-state index in [0.29, 0.717) is 61.5 Å². The third-order valence-electron chi connectivity index (χ3n) is 12.6. The van der Waals surface area contributed by atoms with E-state index < -0.39 is 17.5 Å². The van der Waals surface area contributed by atoms with Crippen LogP contribution >= 0.6 is 22.9 Å². The number of thiazole rings is 1. The van der Waals surface area contributed by atoms with Crippen LogP contribution in [0.4, 0.5) is 10.1 Å². The van der Waals surface area contributed by atoms with Gasteiger partial charge in [0.25, 0.3) is 0 Å². The van der Waals surface area contributed by atoms with Crippen LogP contribution in [-0.2, 0) is 20.9 Å². The van der Waals surface area contributed by atoms with E-state index in [9.17, 15) is 18.8 Å². The van der Waals surface area contributed by atoms with Crippen molar-refractivity contribution >= 4 is 57.2 Å². The topological polar surface area (TPSA) is 126 Å². The summed E-state index contributed by atoms with van der Waals surface area (Å²) in [7, 11) is 0. The van der Waals surface area contributed by atoms with Gasteiger partial charge >= 0.3 is 0 Å². The maximum atomic E-state index is 14.1. The van der Waals surface area contributed by atoms with Crippen LogP contribution in [0.25, 0.3) is 21.3 Å². The summed E-state index contributed by atoms with van der Waals surface area (Å²) in [5.41, 5.74) is 7.08. The van der Waals surface area contributed by atoms with Crippen molar-refractivity contribution in [3.8, 4) is 16.2 Å². The Bertz CT molecular complexity index is 2360. The summed E-state index contributed by atoms with van der Waals surface area (Å²) in [6.45, 7) is 11.8. The molecule has 62 heavy (non-hydrogen) atoms. The zero-order chi connectivity index (χ0) is 44.0. The summed E-state index contributed by atoms with van der Waals surface area (Å²) in [6, 6.07) is 19.1. The number of amides is 3. The van der Waals surface area contributed by atoms with E-state index in [1.165, 1.54) is 6.07 Å². The molecule has 2 aliphatic rings. The fourth-order valence-corrected chi connectivity index (χ4v) is 9.96. The first-order chi connectivity index (χ1) is 29.8. The zero-order valence-electron chi connectivity index (χ0n) is 36.3. The second-order valence-electron chi connectivity index (χ2n) is 17.9. The Hall–Kier alpha value is -4.91. The maximum Gasteiger partial charge on any atom is 0.243 e. The third-order valence-corrected chi connectivity index (χ3v) is 13.9. The molecule has 1 saturated carbocycles. The number of anilines is 1. The van der Waals surface area contributed by atoms with Gasteiger partial charge in [-0.05, 0) is 129 Å². The highest BCUT2D eigenvalue weighted by molar-refractivity contribution is 7.13. The molecule has 13 heteroatoms. The van der Waals surface area contributed by atoms with Crippen molar-refractivity contribution in [1.29, 1.82) is 0 Å². The molecular weight excluding hydrogens is 823 g/mol. The molecule has 10 nitrogen and oxygen atoms in total. The van der Waals surface area contributed by atoms with Crippen molar-refractivity contribution in [2.75, 3.05) is 25.0 Å². The van der Waals surface area contributed by atoms with Crippen LogP contribution in [0.1, 0.15) is 95.4 Å². The lowest BCUT2D eigenvalue weighted by atomic mass is 9.73. The molecule has 3 heterocycles. The molecule has 5 aromatic rings. The Labute approximate surface area is 373 Å². The highest BCUT2D eigenvalue weighted by atomic mass is 35.5. The summed E-state index contributed by atoms with van der Waals surface area (Å²) >= 11 is 8.14. The summed E-state index contributed by atoms with van der Waals surface area (Å²) in [5.74, 6) is 0.289. The molecule has 3 aromatic carbocycles. The Kier molecular flexibility index (Phi) is 14.6. The lowest BCUT2D eigenvalue weighted by Gasteiger charge is -2.35. The number of pyridine rings is 1. The van der Waals surface area contributed by atoms with Crippen LogP contribution in [0.2, 0.25) is 5.02 Å². The first-order valence-corrected chi connectivity index (χ1v) is 23.1. The molecule has 2 fully saturated rings. The molecule has 7 rings (SSSR count). The van der Waals surface area contributed by atoms with Crippen molar-refractivity contribution in [2.45, 2.75) is 104 Å². The predicted octanol–water partition coefficient (Wildman–Crippen LogP) is 10.1. The molecule has 0 bridgehead atoms. The fourth-order valence-electron chi connectivity index (χ4n) is 8.98. The van der Waals surface area contributed by atoms with Crippen LogP contribution in [0.3, 0.4) is 0 Å². The highest BCUT2D eigenvalue weighted by Gasteiger charge is 2.41. The quantitative estimate of drug-likeness (QED) is 0.0895. The first-order valence-electron chi connectivity index (χ1n) is 21.8. The molecule has 0 unspecified atom stereocenters. The van der Waals surface area contributed by atoms with Gasteiger partial charge in [0.1, 0.15) is 17.6 Å². The molecule has 1 aliphatic heterocycles. The molecule has 1 saturated heterocycles. The second-order valence-corrected chi connectivity index (χ2v) is 19.2. The molecule has 0 radical (unpaired) electrons. The van der Waals surface area contributed by atoms with E-state index >= 15 is 0 Å². The van der Waals surface area contributed by atoms with Gasteiger partial charge in [0.15, 0.2) is 0 Å². The maximum absolute atomic E-state index is 14.1. The van der Waals surface area contributed by atoms with Gasteiger partial charge in [0.05, 0.1) is 39.3 Å². The number of carbonyl (C=O) groups excluding carboxylic acids is 3. The minimum absolute atomic E-state index is 0.0501. The van der Waals surface area contributed by atoms with Crippen molar-refractivity contribution in [3.63, 3.8) is 0 Å². The van der Waals surface area contributed by atoms with Gasteiger partial charge in [-0.2, -0.15) is 0 Å². The monoisotopic (exact) mass is 880 g/mol. The molecule has 2 aromatic heterocycles. The average molecular weight is 882 g/mol. The van der Waals surface area contributed by atoms with Gasteiger partial charge in [-0.15, -0.1) is 11.3 Å². The van der Waals surface area contributed by atoms with E-state index in [-0.39, 0.29) is 35.4 Å². The van der Waals surface area contributed by atoms with Gasteiger partial charge in [-0.25, -0.2) is 9.37 Å². The Morgan fingerprint density at radius 3 is 2.48 bits per heavy atom. The Morgan fingerprint density at radius 1 is 0.984 bits per heavy atom. The number of aromatic nitrogens is 2. The van der Waals surface area contributed by atoms with Crippen molar-refractivity contribution in [3.05, 3.63) is 106 Å². The van der Waals surface area contributed by atoms with E-state index in [1.54, 1.807) is 52.8 Å². The molecular formula is C49H58ClFN6O4S. The molecule has 3 atom stereocenters. The van der Waals surface area contributed by atoms with Crippen LogP contribution in [0.5, 0.6) is 5.75 Å². The lowest BCUT2D eigenvalue weighted by molar-refractivity contribution is -0.142. The number of fused-ring (bicyclic) bond motifs is 1. The standard InChI is InChI=1S/C49H58ClFN6O4S/c1-30(33-13-15-34(16-14-33)38-21-23-52-41-20-17-36(51)26-39(38)41)46(58)56-37-18-19-40(50)43(27-37)61-25-7-22-53-45(49(3,4)5)48(60)57-24-6-8-42(57)47(59)54-28-32-9-11-35(12-10-32)44-31(2)55-29-62-44/h9-12,17-21,23,26-27,29-30,33-34,42,45,53H,6-8,13-16,22,24-25,28H2,1-5H3,(H,54,59)(H,56,58)/t30-,33-,34+,42-,45+/m1/s1. The first kappa shape index (κ1) is 45.1. The second kappa shape index (κ2) is 20.1. The number of carbonyl (C=O) groups is 3. The van der Waals surface area contributed by atoms with Crippen LogP contribution in [-0.4, -0.2) is 64.4 Å². The molecule has 3 amide bonds. The third kappa shape index (κ3) is 10.8. The largest absolute Gasteiger partial charge is 0.492 e. The zero-order valence-corrected chi connectivity index (χ0v) is 37.9. The summed E-state index contributed by atoms with van der Waals surface area (Å²) in [6.07, 6.45) is 7.46. The van der Waals surface area contributed by atoms with Crippen LogP contribution in [0.15, 0.2) is 78.4 Å². The van der Waals surface area contributed by atoms with E-state index in [0.717, 1.165) is 70.3 Å². The summed E-state index contributed by atoms with van der Waals surface area (Å²) in [5, 5.41) is 10.9. The van der Waals surface area contributed by atoms with E-state index in [1.807, 2.05) is 58.3 Å². The highest BCUT2D eigenvalue weighted by Crippen LogP contribution is 2.41. The molecule has 0 spiro atoms. The molecule has 328 valence electrons. The van der Waals surface area contributed by atoms with E-state index in [4.69, 9.17) is 16.3 Å². The normalized spacial score (nSPS) is 19.0. The number of hydrogen-bond donors (Lipinski definition) is 3. The number of rotatable bonds is 15. The lowest BCUT2D eigenvalue weighted by Crippen LogP contribution is -2.56. The SMILES string of the molecule is Cc1ncsc1-c1ccc(CNC(=O)[C@H]2CCCN2C(=O)[C@H](NCCCOc2cc(NC(=O)[C@H](C)[C@H]3CC[C@@H](c4ccnc5ccc(F)cc54)CC3)ccc2Cl)C(C)(C)C)cc1. The number of benzene rings is 3. The Morgan fingerprint density at radius 2 is 1.76 bits per heavy atom. The molecule has 3 N–H and O–H groups in total. The smallest absolute Gasteiger partial charge is 0.243 e. The van der Waals surface area contributed by atoms with Gasteiger partial charge in [0, 0.05) is 42.3 Å².